The molecule has 1 aliphatic carbocycles. The van der Waals surface area contributed by atoms with E-state index in [0.717, 1.165) is 38.6 Å². The van der Waals surface area contributed by atoms with Crippen molar-refractivity contribution >= 4 is 11.9 Å². The summed E-state index contributed by atoms with van der Waals surface area (Å²) >= 11 is 0. The maximum Gasteiger partial charge on any atom is 0.329 e. The molecule has 108 valence electrons. The fourth-order valence-corrected chi connectivity index (χ4v) is 3.26. The van der Waals surface area contributed by atoms with Crippen molar-refractivity contribution in [1.82, 2.24) is 10.6 Å². The first-order valence-corrected chi connectivity index (χ1v) is 7.32. The predicted molar refractivity (Wildman–Crippen MR) is 71.8 cm³/mol. The molecular formula is C14H24N2O3. The van der Waals surface area contributed by atoms with Crippen LogP contribution in [-0.4, -0.2) is 35.1 Å². The average molecular weight is 268 g/mol. The number of hydrogen-bond acceptors (Lipinski definition) is 3. The molecule has 3 N–H and O–H groups in total. The number of amides is 1. The second kappa shape index (κ2) is 5.90. The van der Waals surface area contributed by atoms with Gasteiger partial charge in [-0.15, -0.1) is 0 Å². The minimum atomic E-state index is -1.01. The summed E-state index contributed by atoms with van der Waals surface area (Å²) in [6, 6.07) is 0.330. The van der Waals surface area contributed by atoms with Crippen molar-refractivity contribution in [3.05, 3.63) is 0 Å². The SMILES string of the molecule is CC1CC(C(=O)NC2(C(=O)O)CCCCC2)CCN1. The van der Waals surface area contributed by atoms with Crippen LogP contribution in [0.4, 0.5) is 0 Å². The lowest BCUT2D eigenvalue weighted by atomic mass is 9.80. The van der Waals surface area contributed by atoms with Crippen molar-refractivity contribution in [3.8, 4) is 0 Å². The van der Waals surface area contributed by atoms with Crippen LogP contribution in [0.1, 0.15) is 51.9 Å². The number of carboxylic acid groups (broad SMARTS) is 1. The van der Waals surface area contributed by atoms with Crippen molar-refractivity contribution in [2.75, 3.05) is 6.54 Å². The van der Waals surface area contributed by atoms with Crippen LogP contribution in [0.3, 0.4) is 0 Å². The first-order valence-electron chi connectivity index (χ1n) is 7.32. The Balaban J connectivity index is 2.00. The molecule has 0 aromatic rings. The molecule has 19 heavy (non-hydrogen) atoms. The molecular weight excluding hydrogens is 244 g/mol. The molecule has 2 fully saturated rings. The Morgan fingerprint density at radius 1 is 1.26 bits per heavy atom. The van der Waals surface area contributed by atoms with Gasteiger partial charge in [-0.1, -0.05) is 19.3 Å². The first kappa shape index (κ1) is 14.3. The van der Waals surface area contributed by atoms with E-state index in [1.807, 2.05) is 0 Å². The Labute approximate surface area is 114 Å². The molecule has 1 aliphatic heterocycles. The largest absolute Gasteiger partial charge is 0.480 e. The van der Waals surface area contributed by atoms with Gasteiger partial charge >= 0.3 is 5.97 Å². The van der Waals surface area contributed by atoms with Crippen LogP contribution in [-0.2, 0) is 9.59 Å². The maximum atomic E-state index is 12.3. The van der Waals surface area contributed by atoms with Gasteiger partial charge in [0.1, 0.15) is 5.54 Å². The van der Waals surface area contributed by atoms with E-state index in [-0.39, 0.29) is 11.8 Å². The average Bonchev–Trinajstić information content (AvgIpc) is 2.39. The highest BCUT2D eigenvalue weighted by Crippen LogP contribution is 2.29. The molecule has 0 spiro atoms. The molecule has 2 aliphatic rings. The Bertz CT molecular complexity index is 351. The molecule has 5 heteroatoms. The van der Waals surface area contributed by atoms with E-state index in [1.165, 1.54) is 0 Å². The number of carbonyl (C=O) groups is 2. The standard InChI is InChI=1S/C14H24N2O3/c1-10-9-11(5-8-15-10)12(17)16-14(13(18)19)6-3-2-4-7-14/h10-11,15H,2-9H2,1H3,(H,16,17)(H,18,19). The molecule has 2 unspecified atom stereocenters. The van der Waals surface area contributed by atoms with E-state index in [2.05, 4.69) is 17.6 Å². The fraction of sp³-hybridized carbons (Fsp3) is 0.857. The number of carbonyl (C=O) groups excluding carboxylic acids is 1. The highest BCUT2D eigenvalue weighted by atomic mass is 16.4. The third kappa shape index (κ3) is 3.26. The van der Waals surface area contributed by atoms with Crippen LogP contribution < -0.4 is 10.6 Å². The molecule has 2 rings (SSSR count). The zero-order valence-electron chi connectivity index (χ0n) is 11.6. The van der Waals surface area contributed by atoms with E-state index in [1.54, 1.807) is 0 Å². The number of piperidine rings is 1. The van der Waals surface area contributed by atoms with E-state index < -0.39 is 11.5 Å². The minimum Gasteiger partial charge on any atom is -0.480 e. The molecule has 0 aromatic heterocycles. The van der Waals surface area contributed by atoms with Crippen molar-refractivity contribution in [2.24, 2.45) is 5.92 Å². The zero-order chi connectivity index (χ0) is 13.9. The molecule has 1 saturated carbocycles. The summed E-state index contributed by atoms with van der Waals surface area (Å²) in [5.41, 5.74) is -1.01. The Kier molecular flexibility index (Phi) is 4.45. The van der Waals surface area contributed by atoms with E-state index in [0.29, 0.717) is 18.9 Å². The Morgan fingerprint density at radius 2 is 1.95 bits per heavy atom. The van der Waals surface area contributed by atoms with Gasteiger partial charge in [-0.3, -0.25) is 4.79 Å². The second-order valence-corrected chi connectivity index (χ2v) is 6.01. The molecule has 1 heterocycles. The van der Waals surface area contributed by atoms with E-state index in [4.69, 9.17) is 0 Å². The zero-order valence-corrected chi connectivity index (χ0v) is 11.6. The summed E-state index contributed by atoms with van der Waals surface area (Å²) < 4.78 is 0. The number of carboxylic acids is 1. The van der Waals surface area contributed by atoms with Gasteiger partial charge in [-0.25, -0.2) is 4.79 Å². The van der Waals surface area contributed by atoms with Crippen molar-refractivity contribution in [1.29, 1.82) is 0 Å². The van der Waals surface area contributed by atoms with Crippen LogP contribution in [0.2, 0.25) is 0 Å². The summed E-state index contributed by atoms with van der Waals surface area (Å²) in [4.78, 5) is 23.9. The van der Waals surface area contributed by atoms with Crippen LogP contribution in [0.5, 0.6) is 0 Å². The molecule has 5 nitrogen and oxygen atoms in total. The van der Waals surface area contributed by atoms with Crippen molar-refractivity contribution in [2.45, 2.75) is 63.5 Å². The van der Waals surface area contributed by atoms with Crippen LogP contribution in [0.15, 0.2) is 0 Å². The predicted octanol–water partition coefficient (Wildman–Crippen LogP) is 1.28. The van der Waals surface area contributed by atoms with Crippen LogP contribution >= 0.6 is 0 Å². The van der Waals surface area contributed by atoms with E-state index >= 15 is 0 Å². The summed E-state index contributed by atoms with van der Waals surface area (Å²) in [7, 11) is 0. The molecule has 2 atom stereocenters. The maximum absolute atomic E-state index is 12.3. The monoisotopic (exact) mass is 268 g/mol. The van der Waals surface area contributed by atoms with Gasteiger partial charge in [-0.2, -0.15) is 0 Å². The van der Waals surface area contributed by atoms with Gasteiger partial charge in [0.2, 0.25) is 5.91 Å². The minimum absolute atomic E-state index is 0.0469. The van der Waals surface area contributed by atoms with Gasteiger partial charge in [0.15, 0.2) is 0 Å². The van der Waals surface area contributed by atoms with Crippen molar-refractivity contribution < 1.29 is 14.7 Å². The van der Waals surface area contributed by atoms with Gasteiger partial charge in [-0.05, 0) is 39.2 Å². The third-order valence-corrected chi connectivity index (χ3v) is 4.47. The third-order valence-electron chi connectivity index (χ3n) is 4.47. The molecule has 0 radical (unpaired) electrons. The number of nitrogens with one attached hydrogen (secondary N) is 2. The topological polar surface area (TPSA) is 78.4 Å². The Hall–Kier alpha value is -1.10. The smallest absolute Gasteiger partial charge is 0.329 e. The van der Waals surface area contributed by atoms with Gasteiger partial charge in [0.05, 0.1) is 0 Å². The van der Waals surface area contributed by atoms with Crippen LogP contribution in [0, 0.1) is 5.92 Å². The highest BCUT2D eigenvalue weighted by Gasteiger charge is 2.42. The number of aliphatic carboxylic acids is 1. The second-order valence-electron chi connectivity index (χ2n) is 6.01. The molecule has 1 amide bonds. The fourth-order valence-electron chi connectivity index (χ4n) is 3.26. The number of rotatable bonds is 3. The Morgan fingerprint density at radius 3 is 2.53 bits per heavy atom. The molecule has 0 bridgehead atoms. The molecule has 0 aromatic carbocycles. The highest BCUT2D eigenvalue weighted by molar-refractivity contribution is 5.88. The molecule has 1 saturated heterocycles. The lowest BCUT2D eigenvalue weighted by Crippen LogP contribution is -2.57. The summed E-state index contributed by atoms with van der Waals surface area (Å²) in [6.45, 7) is 2.90. The van der Waals surface area contributed by atoms with E-state index in [9.17, 15) is 14.7 Å². The number of hydrogen-bond donors (Lipinski definition) is 3. The van der Waals surface area contributed by atoms with Gasteiger partial charge in [0.25, 0.3) is 0 Å². The lowest BCUT2D eigenvalue weighted by molar-refractivity contribution is -0.150. The quantitative estimate of drug-likeness (QED) is 0.720. The summed E-state index contributed by atoms with van der Waals surface area (Å²) in [6.07, 6.45) is 5.55. The first-order chi connectivity index (χ1) is 9.03. The van der Waals surface area contributed by atoms with Gasteiger partial charge in [0, 0.05) is 12.0 Å². The van der Waals surface area contributed by atoms with Crippen molar-refractivity contribution in [3.63, 3.8) is 0 Å². The summed E-state index contributed by atoms with van der Waals surface area (Å²) in [5.74, 6) is -0.991. The normalized spacial score (nSPS) is 30.6. The van der Waals surface area contributed by atoms with Crippen LogP contribution in [0.25, 0.3) is 0 Å². The lowest BCUT2D eigenvalue weighted by Gasteiger charge is -2.36. The summed E-state index contributed by atoms with van der Waals surface area (Å²) in [5, 5.41) is 15.6. The van der Waals surface area contributed by atoms with Gasteiger partial charge < -0.3 is 15.7 Å².